The third-order valence-electron chi connectivity index (χ3n) is 2.29. The van der Waals surface area contributed by atoms with Gasteiger partial charge in [0.2, 0.25) is 0 Å². The van der Waals surface area contributed by atoms with Crippen LogP contribution in [0.15, 0.2) is 24.4 Å². The number of nitrogens with two attached hydrogens (primary N) is 1. The first kappa shape index (κ1) is 6.80. The molecule has 1 aliphatic rings. The second-order valence-electron chi connectivity index (χ2n) is 3.09. The van der Waals surface area contributed by atoms with Gasteiger partial charge in [0.1, 0.15) is 0 Å². The predicted octanol–water partition coefficient (Wildman–Crippen LogP) is 1.14. The van der Waals surface area contributed by atoms with Crippen molar-refractivity contribution in [2.45, 2.75) is 12.3 Å². The summed E-state index contributed by atoms with van der Waals surface area (Å²) in [7, 11) is 0. The number of nitrogens with zero attached hydrogens (tertiary/aromatic N) is 1. The molecule has 2 N–H and O–H groups in total. The Morgan fingerprint density at radius 1 is 1.55 bits per heavy atom. The van der Waals surface area contributed by atoms with E-state index in [1.165, 1.54) is 12.1 Å². The first-order valence-corrected chi connectivity index (χ1v) is 4.03. The van der Waals surface area contributed by atoms with E-state index in [2.05, 4.69) is 11.1 Å². The lowest BCUT2D eigenvalue weighted by Gasteiger charge is -1.95. The zero-order chi connectivity index (χ0) is 7.68. The lowest BCUT2D eigenvalue weighted by Crippen LogP contribution is -2.02. The van der Waals surface area contributed by atoms with Crippen molar-refractivity contribution in [3.05, 3.63) is 30.1 Å². The van der Waals surface area contributed by atoms with E-state index in [0.29, 0.717) is 11.8 Å². The fraction of sp³-hybridized carbons (Fsp3) is 0.444. The molecule has 2 rings (SSSR count). The standard InChI is InChI=1S/C9H12N2/c10-6-7-5-8(7)9-3-1-2-4-11-9/h1-4,7-8H,5-6,10H2/t7-,8-/m0/s1. The Labute approximate surface area is 66.4 Å². The van der Waals surface area contributed by atoms with E-state index < -0.39 is 0 Å². The molecular weight excluding hydrogens is 136 g/mol. The van der Waals surface area contributed by atoms with E-state index in [1.54, 1.807) is 0 Å². The average Bonchev–Trinajstić information content (AvgIpc) is 2.85. The Bertz CT molecular complexity index is 233. The van der Waals surface area contributed by atoms with E-state index in [4.69, 9.17) is 5.73 Å². The molecule has 1 fully saturated rings. The molecule has 1 saturated carbocycles. The maximum atomic E-state index is 5.53. The smallest absolute Gasteiger partial charge is 0.0437 e. The van der Waals surface area contributed by atoms with Gasteiger partial charge >= 0.3 is 0 Å². The van der Waals surface area contributed by atoms with Crippen LogP contribution in [-0.4, -0.2) is 11.5 Å². The van der Waals surface area contributed by atoms with Crippen LogP contribution in [-0.2, 0) is 0 Å². The van der Waals surface area contributed by atoms with Crippen LogP contribution in [0, 0.1) is 5.92 Å². The van der Waals surface area contributed by atoms with Gasteiger partial charge in [-0.15, -0.1) is 0 Å². The molecule has 0 bridgehead atoms. The minimum Gasteiger partial charge on any atom is -0.330 e. The summed E-state index contributed by atoms with van der Waals surface area (Å²) in [6.45, 7) is 0.807. The van der Waals surface area contributed by atoms with Crippen molar-refractivity contribution in [1.82, 2.24) is 4.98 Å². The van der Waals surface area contributed by atoms with E-state index in [0.717, 1.165) is 6.54 Å². The van der Waals surface area contributed by atoms with Crippen LogP contribution in [0.5, 0.6) is 0 Å². The SMILES string of the molecule is NC[C@@H]1C[C@@H]1c1ccccn1. The molecule has 2 nitrogen and oxygen atoms in total. The van der Waals surface area contributed by atoms with Crippen LogP contribution < -0.4 is 5.73 Å². The van der Waals surface area contributed by atoms with Crippen molar-refractivity contribution >= 4 is 0 Å². The van der Waals surface area contributed by atoms with Crippen LogP contribution in [0.4, 0.5) is 0 Å². The Morgan fingerprint density at radius 2 is 2.45 bits per heavy atom. The predicted molar refractivity (Wildman–Crippen MR) is 44.1 cm³/mol. The molecule has 0 amide bonds. The van der Waals surface area contributed by atoms with Crippen molar-refractivity contribution in [3.63, 3.8) is 0 Å². The summed E-state index contributed by atoms with van der Waals surface area (Å²) >= 11 is 0. The maximum Gasteiger partial charge on any atom is 0.0437 e. The first-order valence-electron chi connectivity index (χ1n) is 4.03. The quantitative estimate of drug-likeness (QED) is 0.683. The molecular formula is C9H12N2. The van der Waals surface area contributed by atoms with Crippen molar-refractivity contribution < 1.29 is 0 Å². The van der Waals surface area contributed by atoms with Gasteiger partial charge in [0.15, 0.2) is 0 Å². The Hall–Kier alpha value is -0.890. The molecule has 0 aromatic carbocycles. The van der Waals surface area contributed by atoms with Crippen LogP contribution in [0.25, 0.3) is 0 Å². The topological polar surface area (TPSA) is 38.9 Å². The molecule has 2 heteroatoms. The molecule has 2 atom stereocenters. The highest BCUT2D eigenvalue weighted by molar-refractivity contribution is 5.17. The summed E-state index contributed by atoms with van der Waals surface area (Å²) in [6.07, 6.45) is 3.08. The molecule has 1 aromatic heterocycles. The normalized spacial score (nSPS) is 28.5. The van der Waals surface area contributed by atoms with Gasteiger partial charge in [0.05, 0.1) is 0 Å². The van der Waals surface area contributed by atoms with Crippen LogP contribution in [0.2, 0.25) is 0 Å². The molecule has 58 valence electrons. The van der Waals surface area contributed by atoms with Gasteiger partial charge in [0.25, 0.3) is 0 Å². The number of hydrogen-bond acceptors (Lipinski definition) is 2. The second kappa shape index (κ2) is 2.62. The summed E-state index contributed by atoms with van der Waals surface area (Å²) < 4.78 is 0. The largest absolute Gasteiger partial charge is 0.330 e. The highest BCUT2D eigenvalue weighted by atomic mass is 14.7. The Morgan fingerprint density at radius 3 is 3.00 bits per heavy atom. The van der Waals surface area contributed by atoms with Crippen LogP contribution in [0.1, 0.15) is 18.0 Å². The van der Waals surface area contributed by atoms with Crippen LogP contribution >= 0.6 is 0 Å². The number of rotatable bonds is 2. The van der Waals surface area contributed by atoms with Gasteiger partial charge in [0, 0.05) is 17.8 Å². The maximum absolute atomic E-state index is 5.53. The van der Waals surface area contributed by atoms with E-state index >= 15 is 0 Å². The molecule has 0 unspecified atom stereocenters. The minimum absolute atomic E-state index is 0.654. The summed E-state index contributed by atoms with van der Waals surface area (Å²) in [4.78, 5) is 4.28. The molecule has 0 spiro atoms. The number of hydrogen-bond donors (Lipinski definition) is 1. The number of aromatic nitrogens is 1. The van der Waals surface area contributed by atoms with Gasteiger partial charge in [-0.1, -0.05) is 6.07 Å². The van der Waals surface area contributed by atoms with Crippen LogP contribution in [0.3, 0.4) is 0 Å². The molecule has 0 saturated heterocycles. The monoisotopic (exact) mass is 148 g/mol. The van der Waals surface area contributed by atoms with Gasteiger partial charge < -0.3 is 5.73 Å². The third kappa shape index (κ3) is 1.26. The van der Waals surface area contributed by atoms with E-state index in [-0.39, 0.29) is 0 Å². The molecule has 0 aliphatic heterocycles. The van der Waals surface area contributed by atoms with Gasteiger partial charge in [-0.2, -0.15) is 0 Å². The molecule has 1 aromatic rings. The Balaban J connectivity index is 2.09. The molecule has 11 heavy (non-hydrogen) atoms. The summed E-state index contributed by atoms with van der Waals surface area (Å²) in [6, 6.07) is 6.07. The number of pyridine rings is 1. The average molecular weight is 148 g/mol. The van der Waals surface area contributed by atoms with E-state index in [9.17, 15) is 0 Å². The second-order valence-corrected chi connectivity index (χ2v) is 3.09. The minimum atomic E-state index is 0.654. The van der Waals surface area contributed by atoms with Crippen molar-refractivity contribution in [3.8, 4) is 0 Å². The van der Waals surface area contributed by atoms with E-state index in [1.807, 2.05) is 18.3 Å². The summed E-state index contributed by atoms with van der Waals surface area (Å²) in [5.41, 5.74) is 6.74. The lowest BCUT2D eigenvalue weighted by molar-refractivity contribution is 0.797. The highest BCUT2D eigenvalue weighted by Crippen LogP contribution is 2.45. The van der Waals surface area contributed by atoms with Gasteiger partial charge in [-0.3, -0.25) is 4.98 Å². The van der Waals surface area contributed by atoms with Gasteiger partial charge in [-0.25, -0.2) is 0 Å². The van der Waals surface area contributed by atoms with Crippen molar-refractivity contribution in [1.29, 1.82) is 0 Å². The third-order valence-corrected chi connectivity index (χ3v) is 2.29. The molecule has 1 heterocycles. The van der Waals surface area contributed by atoms with Crippen molar-refractivity contribution in [2.75, 3.05) is 6.54 Å². The summed E-state index contributed by atoms with van der Waals surface area (Å²) in [5, 5.41) is 0. The fourth-order valence-electron chi connectivity index (χ4n) is 1.47. The highest BCUT2D eigenvalue weighted by Gasteiger charge is 2.37. The zero-order valence-electron chi connectivity index (χ0n) is 6.40. The first-order chi connectivity index (χ1) is 5.42. The zero-order valence-corrected chi connectivity index (χ0v) is 6.40. The van der Waals surface area contributed by atoms with Gasteiger partial charge in [-0.05, 0) is 31.0 Å². The lowest BCUT2D eigenvalue weighted by atomic mass is 10.2. The fourth-order valence-corrected chi connectivity index (χ4v) is 1.47. The molecule has 0 radical (unpaired) electrons. The Kier molecular flexibility index (Phi) is 1.62. The van der Waals surface area contributed by atoms with Crippen molar-refractivity contribution in [2.24, 2.45) is 11.7 Å². The molecule has 1 aliphatic carbocycles. The summed E-state index contributed by atoms with van der Waals surface area (Å²) in [5.74, 6) is 1.35.